The van der Waals surface area contributed by atoms with Crippen LogP contribution in [0.3, 0.4) is 0 Å². The summed E-state index contributed by atoms with van der Waals surface area (Å²) in [5, 5.41) is 0. The van der Waals surface area contributed by atoms with E-state index in [0.717, 1.165) is 11.3 Å². The fourth-order valence-corrected chi connectivity index (χ4v) is 1.28. The van der Waals surface area contributed by atoms with Crippen LogP contribution in [0, 0.1) is 5.41 Å². The normalized spacial score (nSPS) is 11.1. The number of benzene rings is 1. The average Bonchev–Trinajstić information content (AvgIpc) is 2.38. The Bertz CT molecular complexity index is 385. The molecule has 2 N–H and O–H groups in total. The van der Waals surface area contributed by atoms with Gasteiger partial charge in [0.15, 0.2) is 0 Å². The Balaban J connectivity index is 2.53. The molecule has 1 aromatic rings. The Morgan fingerprint density at radius 1 is 1.28 bits per heavy atom. The van der Waals surface area contributed by atoms with Crippen LogP contribution in [0.5, 0.6) is 5.75 Å². The molecule has 0 atom stereocenters. The summed E-state index contributed by atoms with van der Waals surface area (Å²) in [5.74, 6) is 0.540. The molecule has 0 bridgehead atoms. The molecule has 0 unspecified atom stereocenters. The third-order valence-electron chi connectivity index (χ3n) is 2.68. The molecule has 100 valence electrons. The van der Waals surface area contributed by atoms with Gasteiger partial charge in [0.1, 0.15) is 5.75 Å². The van der Waals surface area contributed by atoms with Crippen molar-refractivity contribution >= 4 is 5.97 Å². The van der Waals surface area contributed by atoms with Crippen LogP contribution in [0.2, 0.25) is 0 Å². The molecule has 1 aromatic carbocycles. The van der Waals surface area contributed by atoms with Crippen molar-refractivity contribution in [2.75, 3.05) is 20.3 Å². The Labute approximate surface area is 108 Å². The zero-order chi connectivity index (χ0) is 13.6. The van der Waals surface area contributed by atoms with Crippen molar-refractivity contribution in [2.45, 2.75) is 20.3 Å². The first-order valence-corrected chi connectivity index (χ1v) is 5.95. The van der Waals surface area contributed by atoms with Gasteiger partial charge in [-0.2, -0.15) is 0 Å². The lowest BCUT2D eigenvalue weighted by Crippen LogP contribution is -2.30. The topological polar surface area (TPSA) is 61.5 Å². The van der Waals surface area contributed by atoms with Gasteiger partial charge in [-0.05, 0) is 17.7 Å². The lowest BCUT2D eigenvalue weighted by Gasteiger charge is -2.22. The van der Waals surface area contributed by atoms with E-state index in [-0.39, 0.29) is 17.8 Å². The van der Waals surface area contributed by atoms with Gasteiger partial charge in [-0.15, -0.1) is 0 Å². The Morgan fingerprint density at radius 3 is 2.39 bits per heavy atom. The molecule has 4 nitrogen and oxygen atoms in total. The maximum Gasteiger partial charge on any atom is 0.309 e. The first-order valence-electron chi connectivity index (χ1n) is 5.95. The van der Waals surface area contributed by atoms with Crippen LogP contribution in [0.15, 0.2) is 24.3 Å². The van der Waals surface area contributed by atoms with Gasteiger partial charge in [-0.3, -0.25) is 4.79 Å². The maximum atomic E-state index is 11.1. The highest BCUT2D eigenvalue weighted by atomic mass is 16.5. The summed E-state index contributed by atoms with van der Waals surface area (Å²) in [4.78, 5) is 11.1. The third-order valence-corrected chi connectivity index (χ3v) is 2.68. The molecular weight excluding hydrogens is 230 g/mol. The molecule has 0 aliphatic carbocycles. The van der Waals surface area contributed by atoms with E-state index in [0.29, 0.717) is 13.2 Å². The summed E-state index contributed by atoms with van der Waals surface area (Å²) in [6, 6.07) is 7.43. The van der Waals surface area contributed by atoms with Crippen LogP contribution in [0.25, 0.3) is 0 Å². The summed E-state index contributed by atoms with van der Waals surface area (Å²) < 4.78 is 10.3. The second-order valence-corrected chi connectivity index (χ2v) is 5.05. The van der Waals surface area contributed by atoms with E-state index in [9.17, 15) is 4.79 Å². The molecule has 0 spiro atoms. The van der Waals surface area contributed by atoms with E-state index in [1.165, 1.54) is 7.11 Å². The number of hydrogen-bond acceptors (Lipinski definition) is 4. The maximum absolute atomic E-state index is 11.1. The van der Waals surface area contributed by atoms with Gasteiger partial charge in [0.05, 0.1) is 20.1 Å². The molecule has 0 aromatic heterocycles. The number of methoxy groups -OCH3 is 1. The van der Waals surface area contributed by atoms with Crippen molar-refractivity contribution in [1.29, 1.82) is 0 Å². The lowest BCUT2D eigenvalue weighted by atomic mass is 9.95. The highest BCUT2D eigenvalue weighted by Gasteiger charge is 2.16. The number of rotatable bonds is 6. The minimum absolute atomic E-state index is 0.0370. The summed E-state index contributed by atoms with van der Waals surface area (Å²) >= 11 is 0. The molecule has 0 fully saturated rings. The van der Waals surface area contributed by atoms with Crippen molar-refractivity contribution < 1.29 is 14.3 Å². The molecule has 0 saturated carbocycles. The van der Waals surface area contributed by atoms with Gasteiger partial charge in [0, 0.05) is 12.0 Å². The molecule has 0 aliphatic heterocycles. The first-order chi connectivity index (χ1) is 8.46. The van der Waals surface area contributed by atoms with Crippen LogP contribution in [0.1, 0.15) is 19.4 Å². The summed E-state index contributed by atoms with van der Waals surface area (Å²) in [7, 11) is 1.38. The van der Waals surface area contributed by atoms with Crippen LogP contribution < -0.4 is 10.5 Å². The van der Waals surface area contributed by atoms with E-state index < -0.39 is 0 Å². The highest BCUT2D eigenvalue weighted by molar-refractivity contribution is 5.72. The van der Waals surface area contributed by atoms with Gasteiger partial charge in [-0.1, -0.05) is 26.0 Å². The minimum Gasteiger partial charge on any atom is -0.493 e. The second kappa shape index (κ2) is 6.40. The summed E-state index contributed by atoms with van der Waals surface area (Å²) in [6.45, 7) is 5.25. The first kappa shape index (κ1) is 14.5. The van der Waals surface area contributed by atoms with Gasteiger partial charge >= 0.3 is 5.97 Å². The number of carbonyl (C=O) groups is 1. The van der Waals surface area contributed by atoms with Crippen LogP contribution in [-0.4, -0.2) is 26.2 Å². The van der Waals surface area contributed by atoms with Crippen molar-refractivity contribution in [3.63, 3.8) is 0 Å². The minimum atomic E-state index is -0.243. The van der Waals surface area contributed by atoms with Crippen molar-refractivity contribution in [2.24, 2.45) is 11.1 Å². The fourth-order valence-electron chi connectivity index (χ4n) is 1.28. The summed E-state index contributed by atoms with van der Waals surface area (Å²) in [6.07, 6.45) is 0.283. The molecule has 18 heavy (non-hydrogen) atoms. The predicted molar refractivity (Wildman–Crippen MR) is 70.5 cm³/mol. The molecule has 1 rings (SSSR count). The van der Waals surface area contributed by atoms with Gasteiger partial charge in [-0.25, -0.2) is 0 Å². The van der Waals surface area contributed by atoms with Gasteiger partial charge in [0.25, 0.3) is 0 Å². The quantitative estimate of drug-likeness (QED) is 0.783. The molecule has 0 amide bonds. The Kier molecular flexibility index (Phi) is 5.16. The summed E-state index contributed by atoms with van der Waals surface area (Å²) in [5.41, 5.74) is 6.51. The van der Waals surface area contributed by atoms with Crippen LogP contribution in [-0.2, 0) is 16.0 Å². The van der Waals surface area contributed by atoms with Crippen LogP contribution >= 0.6 is 0 Å². The van der Waals surface area contributed by atoms with Crippen molar-refractivity contribution in [3.05, 3.63) is 29.8 Å². The molecule has 0 saturated heterocycles. The van der Waals surface area contributed by atoms with E-state index in [2.05, 4.69) is 18.6 Å². The van der Waals surface area contributed by atoms with Gasteiger partial charge in [0.2, 0.25) is 0 Å². The van der Waals surface area contributed by atoms with E-state index in [1.807, 2.05) is 24.3 Å². The van der Waals surface area contributed by atoms with Gasteiger partial charge < -0.3 is 15.2 Å². The zero-order valence-electron chi connectivity index (χ0n) is 11.2. The van der Waals surface area contributed by atoms with E-state index in [1.54, 1.807) is 0 Å². The SMILES string of the molecule is COC(=O)Cc1ccc(OCC(C)(C)CN)cc1. The lowest BCUT2D eigenvalue weighted by molar-refractivity contribution is -0.139. The molecule has 0 radical (unpaired) electrons. The molecular formula is C14H21NO3. The molecule has 4 heteroatoms. The number of esters is 1. The standard InChI is InChI=1S/C14H21NO3/c1-14(2,9-15)10-18-12-6-4-11(5-7-12)8-13(16)17-3/h4-7H,8-10,15H2,1-3H3. The molecule has 0 heterocycles. The molecule has 0 aliphatic rings. The third kappa shape index (κ3) is 4.75. The van der Waals surface area contributed by atoms with Crippen molar-refractivity contribution in [1.82, 2.24) is 0 Å². The zero-order valence-corrected chi connectivity index (χ0v) is 11.2. The predicted octanol–water partition coefficient (Wildman–Crippen LogP) is 1.77. The second-order valence-electron chi connectivity index (χ2n) is 5.05. The Morgan fingerprint density at radius 2 is 1.89 bits per heavy atom. The Hall–Kier alpha value is -1.55. The number of ether oxygens (including phenoxy) is 2. The van der Waals surface area contributed by atoms with E-state index in [4.69, 9.17) is 10.5 Å². The largest absolute Gasteiger partial charge is 0.493 e. The van der Waals surface area contributed by atoms with Crippen molar-refractivity contribution in [3.8, 4) is 5.75 Å². The smallest absolute Gasteiger partial charge is 0.309 e. The number of nitrogens with two attached hydrogens (primary N) is 1. The van der Waals surface area contributed by atoms with Crippen LogP contribution in [0.4, 0.5) is 0 Å². The number of hydrogen-bond donors (Lipinski definition) is 1. The monoisotopic (exact) mass is 251 g/mol. The fraction of sp³-hybridized carbons (Fsp3) is 0.500. The number of carbonyl (C=O) groups excluding carboxylic acids is 1. The average molecular weight is 251 g/mol. The highest BCUT2D eigenvalue weighted by Crippen LogP contribution is 2.18. The van der Waals surface area contributed by atoms with E-state index >= 15 is 0 Å².